The van der Waals surface area contributed by atoms with Crippen molar-refractivity contribution >= 4 is 11.9 Å². The first-order valence-corrected chi connectivity index (χ1v) is 13.3. The fourth-order valence-corrected chi connectivity index (χ4v) is 5.59. The summed E-state index contributed by atoms with van der Waals surface area (Å²) in [6.07, 6.45) is 1.64. The quantitative estimate of drug-likeness (QED) is 0.497. The summed E-state index contributed by atoms with van der Waals surface area (Å²) in [5.41, 5.74) is 6.87. The van der Waals surface area contributed by atoms with E-state index >= 15 is 0 Å². The highest BCUT2D eigenvalue weighted by Gasteiger charge is 2.43. The van der Waals surface area contributed by atoms with Crippen molar-refractivity contribution in [2.24, 2.45) is 5.92 Å². The number of hydrogen-bond donors (Lipinski definition) is 2. The first-order valence-electron chi connectivity index (χ1n) is 13.3. The standard InChI is InChI=1S/C31H33N3O4/c1-37-24-9-5-8-21(14-24)25-11-10-22(16-32-30(35)28-15-27(28)20-6-3-2-4-7-20)29-17-34(13-12-26(25)29)31(36)33-23-18-38-19-23/h2-11,14,23,27-28H,12-13,15-19H2,1H3,(H,32,35)(H,33,36). The van der Waals surface area contributed by atoms with Crippen LogP contribution in [-0.2, 0) is 29.0 Å². The molecule has 0 spiro atoms. The van der Waals surface area contributed by atoms with Gasteiger partial charge >= 0.3 is 6.03 Å². The van der Waals surface area contributed by atoms with E-state index in [4.69, 9.17) is 9.47 Å². The van der Waals surface area contributed by atoms with E-state index in [0.717, 1.165) is 40.8 Å². The second kappa shape index (κ2) is 10.5. The van der Waals surface area contributed by atoms with Crippen LogP contribution in [0, 0.1) is 5.92 Å². The van der Waals surface area contributed by atoms with Gasteiger partial charge in [-0.15, -0.1) is 0 Å². The Morgan fingerprint density at radius 3 is 2.63 bits per heavy atom. The number of methoxy groups -OCH3 is 1. The molecule has 196 valence electrons. The Morgan fingerprint density at radius 1 is 1.03 bits per heavy atom. The molecule has 38 heavy (non-hydrogen) atoms. The number of rotatable bonds is 7. The predicted molar refractivity (Wildman–Crippen MR) is 145 cm³/mol. The Morgan fingerprint density at radius 2 is 1.87 bits per heavy atom. The third-order valence-electron chi connectivity index (χ3n) is 7.95. The number of nitrogens with zero attached hydrogens (tertiary/aromatic N) is 1. The third kappa shape index (κ3) is 4.98. The van der Waals surface area contributed by atoms with Crippen molar-refractivity contribution in [3.05, 3.63) is 89.0 Å². The zero-order chi connectivity index (χ0) is 26.1. The van der Waals surface area contributed by atoms with E-state index in [1.165, 1.54) is 11.1 Å². The highest BCUT2D eigenvalue weighted by molar-refractivity contribution is 5.83. The lowest BCUT2D eigenvalue weighted by atomic mass is 9.87. The number of carbonyl (C=O) groups is 2. The first-order chi connectivity index (χ1) is 18.6. The van der Waals surface area contributed by atoms with Gasteiger partial charge in [0.1, 0.15) is 5.75 Å². The molecule has 2 atom stereocenters. The van der Waals surface area contributed by atoms with Gasteiger partial charge in [-0.1, -0.05) is 54.6 Å². The summed E-state index contributed by atoms with van der Waals surface area (Å²) in [5.74, 6) is 1.23. The number of ether oxygens (including phenoxy) is 2. The van der Waals surface area contributed by atoms with Crippen molar-refractivity contribution in [1.82, 2.24) is 15.5 Å². The second-order valence-electron chi connectivity index (χ2n) is 10.4. The summed E-state index contributed by atoms with van der Waals surface area (Å²) >= 11 is 0. The molecule has 6 rings (SSSR count). The molecule has 3 amide bonds. The van der Waals surface area contributed by atoms with Crippen LogP contribution in [0.15, 0.2) is 66.7 Å². The Kier molecular flexibility index (Phi) is 6.77. The number of fused-ring (bicyclic) bond motifs is 1. The molecule has 3 aliphatic rings. The molecule has 2 unspecified atom stereocenters. The summed E-state index contributed by atoms with van der Waals surface area (Å²) in [7, 11) is 1.67. The van der Waals surface area contributed by atoms with Crippen LogP contribution < -0.4 is 15.4 Å². The normalized spacial score (nSPS) is 20.2. The van der Waals surface area contributed by atoms with Crippen LogP contribution in [0.2, 0.25) is 0 Å². The van der Waals surface area contributed by atoms with Crippen LogP contribution in [0.1, 0.15) is 34.6 Å². The minimum Gasteiger partial charge on any atom is -0.497 e. The number of nitrogens with one attached hydrogen (secondary N) is 2. The predicted octanol–water partition coefficient (Wildman–Crippen LogP) is 4.25. The number of hydrogen-bond acceptors (Lipinski definition) is 4. The Bertz CT molecular complexity index is 1340. The molecule has 7 heteroatoms. The molecule has 2 heterocycles. The van der Waals surface area contributed by atoms with Crippen LogP contribution in [0.5, 0.6) is 5.75 Å². The summed E-state index contributed by atoms with van der Waals surface area (Å²) in [6, 6.07) is 22.6. The van der Waals surface area contributed by atoms with Gasteiger partial charge in [0.05, 0.1) is 26.4 Å². The van der Waals surface area contributed by atoms with Crippen LogP contribution >= 0.6 is 0 Å². The molecule has 1 saturated carbocycles. The van der Waals surface area contributed by atoms with Gasteiger partial charge in [0, 0.05) is 25.6 Å². The average molecular weight is 512 g/mol. The Hall–Kier alpha value is -3.84. The molecular formula is C31H33N3O4. The van der Waals surface area contributed by atoms with E-state index in [0.29, 0.717) is 38.8 Å². The zero-order valence-corrected chi connectivity index (χ0v) is 21.6. The number of benzene rings is 3. The van der Waals surface area contributed by atoms with Crippen molar-refractivity contribution in [3.8, 4) is 16.9 Å². The topological polar surface area (TPSA) is 79.9 Å². The molecule has 2 aliphatic heterocycles. The first kappa shape index (κ1) is 24.5. The number of amides is 3. The monoisotopic (exact) mass is 511 g/mol. The summed E-state index contributed by atoms with van der Waals surface area (Å²) in [5, 5.41) is 6.26. The van der Waals surface area contributed by atoms with E-state index in [1.807, 2.05) is 41.3 Å². The Labute approximate surface area is 223 Å². The van der Waals surface area contributed by atoms with Gasteiger partial charge in [0.2, 0.25) is 5.91 Å². The van der Waals surface area contributed by atoms with Crippen LogP contribution in [0.25, 0.3) is 11.1 Å². The minimum absolute atomic E-state index is 0.0243. The lowest BCUT2D eigenvalue weighted by molar-refractivity contribution is -0.122. The van der Waals surface area contributed by atoms with Gasteiger partial charge < -0.3 is 25.0 Å². The van der Waals surface area contributed by atoms with Gasteiger partial charge in [-0.2, -0.15) is 0 Å². The fraction of sp³-hybridized carbons (Fsp3) is 0.355. The van der Waals surface area contributed by atoms with Gasteiger partial charge in [0.25, 0.3) is 0 Å². The molecule has 0 radical (unpaired) electrons. The molecule has 1 aliphatic carbocycles. The van der Waals surface area contributed by atoms with E-state index in [1.54, 1.807) is 7.11 Å². The second-order valence-corrected chi connectivity index (χ2v) is 10.4. The lowest BCUT2D eigenvalue weighted by Gasteiger charge is -2.35. The largest absolute Gasteiger partial charge is 0.497 e. The molecule has 1 saturated heterocycles. The van der Waals surface area contributed by atoms with E-state index in [-0.39, 0.29) is 23.9 Å². The van der Waals surface area contributed by atoms with Crippen LogP contribution in [0.3, 0.4) is 0 Å². The maximum Gasteiger partial charge on any atom is 0.318 e. The summed E-state index contributed by atoms with van der Waals surface area (Å²) in [4.78, 5) is 27.8. The van der Waals surface area contributed by atoms with Gasteiger partial charge in [-0.05, 0) is 64.3 Å². The van der Waals surface area contributed by atoms with E-state index < -0.39 is 0 Å². The van der Waals surface area contributed by atoms with E-state index in [2.05, 4.69) is 41.0 Å². The van der Waals surface area contributed by atoms with Crippen molar-refractivity contribution in [1.29, 1.82) is 0 Å². The van der Waals surface area contributed by atoms with Crippen molar-refractivity contribution in [3.63, 3.8) is 0 Å². The molecular weight excluding hydrogens is 478 g/mol. The molecule has 2 fully saturated rings. The van der Waals surface area contributed by atoms with Crippen LogP contribution in [0.4, 0.5) is 4.79 Å². The van der Waals surface area contributed by atoms with Crippen molar-refractivity contribution in [2.75, 3.05) is 26.9 Å². The summed E-state index contributed by atoms with van der Waals surface area (Å²) < 4.78 is 10.7. The third-order valence-corrected chi connectivity index (χ3v) is 7.95. The number of urea groups is 1. The fourth-order valence-electron chi connectivity index (χ4n) is 5.59. The maximum absolute atomic E-state index is 13.0. The van der Waals surface area contributed by atoms with Crippen molar-refractivity contribution in [2.45, 2.75) is 37.9 Å². The highest BCUT2D eigenvalue weighted by Crippen LogP contribution is 2.47. The van der Waals surface area contributed by atoms with E-state index in [9.17, 15) is 9.59 Å². The zero-order valence-electron chi connectivity index (χ0n) is 21.6. The molecule has 3 aromatic rings. The molecule has 7 nitrogen and oxygen atoms in total. The van der Waals surface area contributed by atoms with Gasteiger partial charge in [-0.3, -0.25) is 4.79 Å². The average Bonchev–Trinajstić information content (AvgIpc) is 3.75. The smallest absolute Gasteiger partial charge is 0.318 e. The highest BCUT2D eigenvalue weighted by atomic mass is 16.5. The van der Waals surface area contributed by atoms with Gasteiger partial charge in [-0.25, -0.2) is 4.79 Å². The van der Waals surface area contributed by atoms with Crippen LogP contribution in [-0.4, -0.2) is 49.7 Å². The molecule has 0 aromatic heterocycles. The minimum atomic E-state index is -0.0607. The maximum atomic E-state index is 13.0. The summed E-state index contributed by atoms with van der Waals surface area (Å²) in [6.45, 7) is 2.73. The number of carbonyl (C=O) groups excluding carboxylic acids is 2. The molecule has 2 N–H and O–H groups in total. The molecule has 0 bridgehead atoms. The lowest BCUT2D eigenvalue weighted by Crippen LogP contribution is -2.53. The van der Waals surface area contributed by atoms with Gasteiger partial charge in [0.15, 0.2) is 0 Å². The molecule has 3 aromatic carbocycles. The SMILES string of the molecule is COc1cccc(-c2ccc(CNC(=O)C3CC3c3ccccc3)c3c2CCN(C(=O)NC2COC2)C3)c1. The van der Waals surface area contributed by atoms with Crippen molar-refractivity contribution < 1.29 is 19.1 Å². The Balaban J connectivity index is 1.23.